The zero-order valence-corrected chi connectivity index (χ0v) is 12.6. The molecule has 19 heavy (non-hydrogen) atoms. The van der Waals surface area contributed by atoms with Crippen molar-refractivity contribution in [3.05, 3.63) is 30.3 Å². The van der Waals surface area contributed by atoms with Crippen molar-refractivity contribution in [2.45, 2.75) is 39.0 Å². The Bertz CT molecular complexity index is 412. The number of nitrogens with two attached hydrogens (primary N) is 1. The fourth-order valence-corrected chi connectivity index (χ4v) is 2.94. The van der Waals surface area contributed by atoms with Gasteiger partial charge in [-0.2, -0.15) is 0 Å². The first kappa shape index (κ1) is 14.3. The number of hydrogen-bond acceptors (Lipinski definition) is 2. The highest BCUT2D eigenvalue weighted by Crippen LogP contribution is 2.49. The molecule has 0 amide bonds. The molecule has 3 heteroatoms. The van der Waals surface area contributed by atoms with E-state index in [9.17, 15) is 0 Å². The zero-order valence-electron chi connectivity index (χ0n) is 11.8. The summed E-state index contributed by atoms with van der Waals surface area (Å²) >= 11 is 5.10. The number of benzene rings is 1. The molecule has 2 rings (SSSR count). The van der Waals surface area contributed by atoms with E-state index in [-0.39, 0.29) is 0 Å². The second kappa shape index (κ2) is 6.38. The fourth-order valence-electron chi connectivity index (χ4n) is 2.63. The van der Waals surface area contributed by atoms with E-state index in [1.54, 1.807) is 0 Å². The number of anilines is 1. The quantitative estimate of drug-likeness (QED) is 0.733. The first-order chi connectivity index (χ1) is 9.15. The van der Waals surface area contributed by atoms with Gasteiger partial charge in [0.05, 0.1) is 4.99 Å². The summed E-state index contributed by atoms with van der Waals surface area (Å²) in [6, 6.07) is 10.7. The molecule has 0 aliphatic heterocycles. The van der Waals surface area contributed by atoms with Crippen LogP contribution in [-0.4, -0.2) is 18.1 Å². The second-order valence-electron chi connectivity index (χ2n) is 5.75. The number of hydrogen-bond donors (Lipinski definition) is 1. The molecule has 0 unspecified atom stereocenters. The lowest BCUT2D eigenvalue weighted by Crippen LogP contribution is -2.33. The molecule has 104 valence electrons. The van der Waals surface area contributed by atoms with Crippen molar-refractivity contribution < 1.29 is 0 Å². The molecule has 2 nitrogen and oxygen atoms in total. The van der Waals surface area contributed by atoms with Crippen molar-refractivity contribution in [2.24, 2.45) is 11.1 Å². The summed E-state index contributed by atoms with van der Waals surface area (Å²) in [5.41, 5.74) is 7.43. The highest BCUT2D eigenvalue weighted by atomic mass is 32.1. The Kier molecular flexibility index (Phi) is 4.81. The van der Waals surface area contributed by atoms with Crippen molar-refractivity contribution in [2.75, 3.05) is 18.0 Å². The first-order valence-corrected chi connectivity index (χ1v) is 7.64. The van der Waals surface area contributed by atoms with Gasteiger partial charge in [-0.05, 0) is 36.8 Å². The Morgan fingerprint density at radius 1 is 1.32 bits per heavy atom. The van der Waals surface area contributed by atoms with E-state index in [0.717, 1.165) is 19.5 Å². The van der Waals surface area contributed by atoms with Gasteiger partial charge in [-0.1, -0.05) is 43.8 Å². The first-order valence-electron chi connectivity index (χ1n) is 7.23. The molecule has 1 fully saturated rings. The molecule has 0 saturated heterocycles. The van der Waals surface area contributed by atoms with Crippen LogP contribution in [0.2, 0.25) is 0 Å². The maximum Gasteiger partial charge on any atom is 0.0733 e. The minimum absolute atomic E-state index is 0.357. The Morgan fingerprint density at radius 3 is 2.53 bits per heavy atom. The Hall–Kier alpha value is -1.09. The lowest BCUT2D eigenvalue weighted by atomic mass is 10.0. The minimum Gasteiger partial charge on any atom is -0.393 e. The molecule has 0 atom stereocenters. The van der Waals surface area contributed by atoms with Gasteiger partial charge in [-0.25, -0.2) is 0 Å². The van der Waals surface area contributed by atoms with Crippen molar-refractivity contribution in [1.29, 1.82) is 0 Å². The average molecular weight is 276 g/mol. The van der Waals surface area contributed by atoms with Gasteiger partial charge in [-0.3, -0.25) is 0 Å². The predicted molar refractivity (Wildman–Crippen MR) is 86.6 cm³/mol. The predicted octanol–water partition coefficient (Wildman–Crippen LogP) is 3.75. The van der Waals surface area contributed by atoms with Crippen molar-refractivity contribution in [3.63, 3.8) is 0 Å². The average Bonchev–Trinajstić information content (AvgIpc) is 3.14. The molecular weight excluding hydrogens is 252 g/mol. The fraction of sp³-hybridized carbons (Fsp3) is 0.562. The van der Waals surface area contributed by atoms with Gasteiger partial charge in [0, 0.05) is 25.2 Å². The zero-order chi connectivity index (χ0) is 13.7. The molecular formula is C16H24N2S. The molecule has 0 heterocycles. The van der Waals surface area contributed by atoms with Gasteiger partial charge < -0.3 is 10.6 Å². The molecule has 0 bridgehead atoms. The van der Waals surface area contributed by atoms with Gasteiger partial charge in [0.1, 0.15) is 0 Å². The van der Waals surface area contributed by atoms with Gasteiger partial charge in [0.25, 0.3) is 0 Å². The molecule has 2 N–H and O–H groups in total. The summed E-state index contributed by atoms with van der Waals surface area (Å²) < 4.78 is 0. The van der Waals surface area contributed by atoms with Crippen LogP contribution in [0.5, 0.6) is 0 Å². The molecule has 0 aromatic heterocycles. The molecule has 0 radical (unpaired) electrons. The van der Waals surface area contributed by atoms with Crippen LogP contribution in [0.25, 0.3) is 0 Å². The van der Waals surface area contributed by atoms with Gasteiger partial charge in [-0.15, -0.1) is 0 Å². The van der Waals surface area contributed by atoms with Crippen LogP contribution in [0.15, 0.2) is 30.3 Å². The lowest BCUT2D eigenvalue weighted by Gasteiger charge is -2.29. The number of para-hydroxylation sites is 1. The minimum atomic E-state index is 0.357. The summed E-state index contributed by atoms with van der Waals surface area (Å²) in [6.07, 6.45) is 5.89. The highest BCUT2D eigenvalue weighted by molar-refractivity contribution is 7.80. The maximum absolute atomic E-state index is 5.75. The monoisotopic (exact) mass is 276 g/mol. The normalized spacial score (nSPS) is 16.1. The van der Waals surface area contributed by atoms with E-state index in [0.29, 0.717) is 10.4 Å². The number of rotatable bonds is 8. The SMILES string of the molecule is CCCCN(CC1(CC(N)=S)CC1)c1ccccc1. The van der Waals surface area contributed by atoms with Crippen LogP contribution in [0, 0.1) is 5.41 Å². The Balaban J connectivity index is 2.04. The van der Waals surface area contributed by atoms with E-state index in [4.69, 9.17) is 18.0 Å². The topological polar surface area (TPSA) is 29.3 Å². The van der Waals surface area contributed by atoms with E-state index in [2.05, 4.69) is 42.2 Å². The van der Waals surface area contributed by atoms with Crippen LogP contribution >= 0.6 is 12.2 Å². The van der Waals surface area contributed by atoms with Crippen LogP contribution in [-0.2, 0) is 0 Å². The molecule has 1 aliphatic rings. The van der Waals surface area contributed by atoms with E-state index in [1.807, 2.05) is 0 Å². The van der Waals surface area contributed by atoms with Crippen LogP contribution in [0.3, 0.4) is 0 Å². The number of nitrogens with zero attached hydrogens (tertiary/aromatic N) is 1. The van der Waals surface area contributed by atoms with Crippen molar-refractivity contribution >= 4 is 22.9 Å². The van der Waals surface area contributed by atoms with Gasteiger partial charge in [0.2, 0.25) is 0 Å². The lowest BCUT2D eigenvalue weighted by molar-refractivity contribution is 0.512. The van der Waals surface area contributed by atoms with Crippen molar-refractivity contribution in [3.8, 4) is 0 Å². The summed E-state index contributed by atoms with van der Waals surface area (Å²) in [5, 5.41) is 0. The smallest absolute Gasteiger partial charge is 0.0733 e. The van der Waals surface area contributed by atoms with E-state index in [1.165, 1.54) is 31.4 Å². The van der Waals surface area contributed by atoms with Crippen LogP contribution in [0.1, 0.15) is 39.0 Å². The van der Waals surface area contributed by atoms with Crippen molar-refractivity contribution in [1.82, 2.24) is 0 Å². The van der Waals surface area contributed by atoms with Gasteiger partial charge >= 0.3 is 0 Å². The largest absolute Gasteiger partial charge is 0.393 e. The van der Waals surface area contributed by atoms with Gasteiger partial charge in [0.15, 0.2) is 0 Å². The summed E-state index contributed by atoms with van der Waals surface area (Å²) in [4.78, 5) is 3.18. The second-order valence-corrected chi connectivity index (χ2v) is 6.28. The summed E-state index contributed by atoms with van der Waals surface area (Å²) in [7, 11) is 0. The molecule has 1 aromatic rings. The Morgan fingerprint density at radius 2 is 2.00 bits per heavy atom. The van der Waals surface area contributed by atoms with Crippen LogP contribution < -0.4 is 10.6 Å². The highest BCUT2D eigenvalue weighted by Gasteiger charge is 2.44. The standard InChI is InChI=1S/C16H24N2S/c1-2-3-11-18(14-7-5-4-6-8-14)13-16(9-10-16)12-15(17)19/h4-8H,2-3,9-13H2,1H3,(H2,17,19). The third kappa shape index (κ3) is 4.20. The summed E-state index contributed by atoms with van der Waals surface area (Å²) in [5.74, 6) is 0. The third-order valence-electron chi connectivity index (χ3n) is 3.94. The Labute approximate surface area is 122 Å². The van der Waals surface area contributed by atoms with E-state index < -0.39 is 0 Å². The maximum atomic E-state index is 5.75. The third-order valence-corrected chi connectivity index (χ3v) is 4.08. The number of unbranched alkanes of at least 4 members (excludes halogenated alkanes) is 1. The van der Waals surface area contributed by atoms with Crippen LogP contribution in [0.4, 0.5) is 5.69 Å². The van der Waals surface area contributed by atoms with E-state index >= 15 is 0 Å². The number of thiocarbonyl (C=S) groups is 1. The summed E-state index contributed by atoms with van der Waals surface area (Å²) in [6.45, 7) is 4.46. The molecule has 1 saturated carbocycles. The molecule has 0 spiro atoms. The molecule has 1 aromatic carbocycles. The molecule has 1 aliphatic carbocycles.